The van der Waals surface area contributed by atoms with Crippen molar-refractivity contribution in [3.63, 3.8) is 0 Å². The van der Waals surface area contributed by atoms with Gasteiger partial charge in [0.1, 0.15) is 0 Å². The topological polar surface area (TPSA) is 81.2 Å². The number of nitriles is 3. The van der Waals surface area contributed by atoms with Crippen molar-refractivity contribution in [2.24, 2.45) is 0 Å². The minimum atomic E-state index is 0.530. The van der Waals surface area contributed by atoms with E-state index in [9.17, 15) is 15.8 Å². The summed E-state index contributed by atoms with van der Waals surface area (Å²) >= 11 is 0. The lowest BCUT2D eigenvalue weighted by Crippen LogP contribution is -1.98. The van der Waals surface area contributed by atoms with Crippen LogP contribution in [0, 0.1) is 34.0 Å². The van der Waals surface area contributed by atoms with E-state index >= 15 is 0 Å². The van der Waals surface area contributed by atoms with E-state index in [1.807, 2.05) is 42.5 Å². The minimum Gasteiger partial charge on any atom is -0.309 e. The van der Waals surface area contributed by atoms with Gasteiger partial charge in [0.25, 0.3) is 0 Å². The third-order valence-corrected chi connectivity index (χ3v) is 9.62. The molecule has 2 aromatic heterocycles. The number of rotatable bonds is 4. The Labute approximate surface area is 287 Å². The van der Waals surface area contributed by atoms with Gasteiger partial charge in [0.2, 0.25) is 0 Å². The molecule has 230 valence electrons. The molecule has 0 N–H and O–H groups in total. The average molecular weight is 636 g/mol. The summed E-state index contributed by atoms with van der Waals surface area (Å²) < 4.78 is 4.46. The molecule has 50 heavy (non-hydrogen) atoms. The maximum atomic E-state index is 10.0. The summed E-state index contributed by atoms with van der Waals surface area (Å²) in [6.07, 6.45) is 0. The lowest BCUT2D eigenvalue weighted by Gasteiger charge is -2.15. The summed E-state index contributed by atoms with van der Waals surface area (Å²) in [7, 11) is 0. The van der Waals surface area contributed by atoms with Crippen molar-refractivity contribution in [2.75, 3.05) is 0 Å². The van der Waals surface area contributed by atoms with E-state index in [4.69, 9.17) is 0 Å². The Kier molecular flexibility index (Phi) is 6.56. The molecule has 9 rings (SSSR count). The highest BCUT2D eigenvalue weighted by atomic mass is 15.0. The van der Waals surface area contributed by atoms with E-state index in [1.165, 1.54) is 21.8 Å². The van der Waals surface area contributed by atoms with E-state index in [0.29, 0.717) is 16.7 Å². The monoisotopic (exact) mass is 635 g/mol. The first-order chi connectivity index (χ1) is 24.7. The number of para-hydroxylation sites is 2. The van der Waals surface area contributed by atoms with Gasteiger partial charge < -0.3 is 9.13 Å². The third kappa shape index (κ3) is 4.38. The molecule has 0 spiro atoms. The van der Waals surface area contributed by atoms with Crippen LogP contribution in [0.5, 0.6) is 0 Å². The van der Waals surface area contributed by atoms with Gasteiger partial charge in [-0.05, 0) is 89.5 Å². The number of aromatic nitrogens is 2. The average Bonchev–Trinajstić information content (AvgIpc) is 3.70. The second-order valence-corrected chi connectivity index (χ2v) is 12.3. The highest BCUT2D eigenvalue weighted by Crippen LogP contribution is 2.39. The fraction of sp³-hybridized carbons (Fsp3) is 0. The number of benzene rings is 7. The molecular formula is C45H25N5. The lowest BCUT2D eigenvalue weighted by atomic mass is 9.97. The number of hydrogen-bond donors (Lipinski definition) is 0. The fourth-order valence-electron chi connectivity index (χ4n) is 7.39. The van der Waals surface area contributed by atoms with Gasteiger partial charge in [-0.3, -0.25) is 0 Å². The molecule has 0 aliphatic rings. The molecule has 0 radical (unpaired) electrons. The maximum absolute atomic E-state index is 10.0. The molecular weight excluding hydrogens is 611 g/mol. The van der Waals surface area contributed by atoms with Crippen LogP contribution in [0.4, 0.5) is 0 Å². The molecule has 0 atom stereocenters. The number of nitrogens with zero attached hydrogens (tertiary/aromatic N) is 5. The van der Waals surface area contributed by atoms with Gasteiger partial charge in [0, 0.05) is 32.8 Å². The molecule has 0 amide bonds. The second-order valence-electron chi connectivity index (χ2n) is 12.3. The molecule has 7 aromatic carbocycles. The van der Waals surface area contributed by atoms with Crippen LogP contribution in [0.15, 0.2) is 152 Å². The lowest BCUT2D eigenvalue weighted by molar-refractivity contribution is 1.18. The summed E-state index contributed by atoms with van der Waals surface area (Å²) in [4.78, 5) is 0. The van der Waals surface area contributed by atoms with Crippen LogP contribution in [0.1, 0.15) is 16.7 Å². The molecule has 0 fully saturated rings. The Morgan fingerprint density at radius 2 is 1.02 bits per heavy atom. The standard InChI is InChI=1S/C45H25N5/c46-26-29-15-21-42(50-43-22-16-30(27-47)24-39(43)45-34(28-48)8-6-14-44(45)50)38(23-29)32-19-17-31(18-20-32)33-7-5-9-35(25-33)49-40-12-3-1-10-36(40)37-11-2-4-13-41(37)49/h1-25H. The van der Waals surface area contributed by atoms with E-state index in [2.05, 4.69) is 124 Å². The Morgan fingerprint density at radius 3 is 1.74 bits per heavy atom. The molecule has 0 bridgehead atoms. The van der Waals surface area contributed by atoms with Crippen molar-refractivity contribution < 1.29 is 0 Å². The highest BCUT2D eigenvalue weighted by molar-refractivity contribution is 6.13. The molecule has 0 saturated carbocycles. The first-order valence-electron chi connectivity index (χ1n) is 16.3. The van der Waals surface area contributed by atoms with Crippen molar-refractivity contribution in [1.82, 2.24) is 9.13 Å². The van der Waals surface area contributed by atoms with Gasteiger partial charge in [0.05, 0.1) is 62.7 Å². The van der Waals surface area contributed by atoms with Crippen molar-refractivity contribution in [1.29, 1.82) is 15.8 Å². The molecule has 9 aromatic rings. The molecule has 0 aliphatic carbocycles. The Morgan fingerprint density at radius 1 is 0.400 bits per heavy atom. The zero-order valence-corrected chi connectivity index (χ0v) is 26.7. The highest BCUT2D eigenvalue weighted by Gasteiger charge is 2.19. The molecule has 0 unspecified atom stereocenters. The molecule has 2 heterocycles. The van der Waals surface area contributed by atoms with Crippen LogP contribution in [0.3, 0.4) is 0 Å². The first-order valence-corrected chi connectivity index (χ1v) is 16.3. The van der Waals surface area contributed by atoms with Crippen LogP contribution < -0.4 is 0 Å². The summed E-state index contributed by atoms with van der Waals surface area (Å²) in [5.74, 6) is 0. The van der Waals surface area contributed by atoms with Gasteiger partial charge in [-0.1, -0.05) is 78.9 Å². The van der Waals surface area contributed by atoms with Gasteiger partial charge in [0.15, 0.2) is 0 Å². The second kappa shape index (κ2) is 11.4. The van der Waals surface area contributed by atoms with E-state index in [-0.39, 0.29) is 0 Å². The summed E-state index contributed by atoms with van der Waals surface area (Å²) in [5, 5.41) is 33.7. The van der Waals surface area contributed by atoms with Gasteiger partial charge >= 0.3 is 0 Å². The van der Waals surface area contributed by atoms with Gasteiger partial charge in [-0.2, -0.15) is 15.8 Å². The van der Waals surface area contributed by atoms with E-state index in [1.54, 1.807) is 12.1 Å². The number of hydrogen-bond acceptors (Lipinski definition) is 3. The maximum Gasteiger partial charge on any atom is 0.0998 e. The normalized spacial score (nSPS) is 11.1. The van der Waals surface area contributed by atoms with Crippen molar-refractivity contribution >= 4 is 43.6 Å². The summed E-state index contributed by atoms with van der Waals surface area (Å²) in [5.41, 5.74) is 11.7. The predicted molar refractivity (Wildman–Crippen MR) is 200 cm³/mol. The SMILES string of the molecule is N#Cc1ccc(-n2c3ccc(C#N)cc3c3c(C#N)cccc32)c(-c2ccc(-c3cccc(-n4c5ccccc5c5ccccc54)c3)cc2)c1. The smallest absolute Gasteiger partial charge is 0.0998 e. The first kappa shape index (κ1) is 28.8. The van der Waals surface area contributed by atoms with Gasteiger partial charge in [-0.15, -0.1) is 0 Å². The van der Waals surface area contributed by atoms with Crippen LogP contribution in [-0.4, -0.2) is 9.13 Å². The molecule has 0 aliphatic heterocycles. The van der Waals surface area contributed by atoms with Crippen molar-refractivity contribution in [3.8, 4) is 51.8 Å². The van der Waals surface area contributed by atoms with Crippen LogP contribution in [0.25, 0.3) is 77.2 Å². The predicted octanol–water partition coefficient (Wildman–Crippen LogP) is 10.8. The largest absolute Gasteiger partial charge is 0.309 e. The quantitative estimate of drug-likeness (QED) is 0.193. The number of fused-ring (bicyclic) bond motifs is 6. The molecule has 5 heteroatoms. The summed E-state index contributed by atoms with van der Waals surface area (Å²) in [6, 6.07) is 58.0. The minimum absolute atomic E-state index is 0.530. The Balaban J connectivity index is 1.18. The van der Waals surface area contributed by atoms with Gasteiger partial charge in [-0.25, -0.2) is 0 Å². The van der Waals surface area contributed by atoms with Crippen LogP contribution in [-0.2, 0) is 0 Å². The molecule has 5 nitrogen and oxygen atoms in total. The Hall–Kier alpha value is -7.39. The van der Waals surface area contributed by atoms with Crippen molar-refractivity contribution in [3.05, 3.63) is 168 Å². The van der Waals surface area contributed by atoms with E-state index < -0.39 is 0 Å². The summed E-state index contributed by atoms with van der Waals surface area (Å²) in [6.45, 7) is 0. The third-order valence-electron chi connectivity index (χ3n) is 9.62. The zero-order chi connectivity index (χ0) is 33.8. The zero-order valence-electron chi connectivity index (χ0n) is 26.7. The van der Waals surface area contributed by atoms with Crippen molar-refractivity contribution in [2.45, 2.75) is 0 Å². The molecule has 0 saturated heterocycles. The van der Waals surface area contributed by atoms with Crippen LogP contribution >= 0.6 is 0 Å². The van der Waals surface area contributed by atoms with E-state index in [0.717, 1.165) is 55.4 Å². The Bertz CT molecular complexity index is 2900. The van der Waals surface area contributed by atoms with Crippen LogP contribution in [0.2, 0.25) is 0 Å². The fourth-order valence-corrected chi connectivity index (χ4v) is 7.39.